The molecular formula is C17H20N4O3S. The van der Waals surface area contributed by atoms with Gasteiger partial charge in [-0.2, -0.15) is 0 Å². The van der Waals surface area contributed by atoms with Crippen molar-refractivity contribution in [1.29, 1.82) is 0 Å². The molecule has 8 heteroatoms. The van der Waals surface area contributed by atoms with Crippen molar-refractivity contribution in [3.63, 3.8) is 0 Å². The summed E-state index contributed by atoms with van der Waals surface area (Å²) in [5.41, 5.74) is 1.76. The Kier molecular flexibility index (Phi) is 4.30. The predicted octanol–water partition coefficient (Wildman–Crippen LogP) is 1.64. The van der Waals surface area contributed by atoms with Crippen LogP contribution in [0.15, 0.2) is 29.6 Å². The van der Waals surface area contributed by atoms with Crippen LogP contribution < -0.4 is 14.8 Å². The van der Waals surface area contributed by atoms with E-state index in [4.69, 9.17) is 9.47 Å². The molecule has 132 valence electrons. The molecule has 25 heavy (non-hydrogen) atoms. The van der Waals surface area contributed by atoms with Crippen molar-refractivity contribution >= 4 is 17.7 Å². The zero-order chi connectivity index (χ0) is 17.4. The average molecular weight is 360 g/mol. The number of thioether (sulfide) groups is 1. The minimum atomic E-state index is -0.404. The van der Waals surface area contributed by atoms with Crippen LogP contribution in [0, 0.1) is 0 Å². The van der Waals surface area contributed by atoms with Gasteiger partial charge in [0.05, 0.1) is 12.2 Å². The van der Waals surface area contributed by atoms with Crippen LogP contribution in [0.25, 0.3) is 0 Å². The molecule has 0 saturated carbocycles. The van der Waals surface area contributed by atoms with Gasteiger partial charge in [0.15, 0.2) is 16.7 Å². The number of rotatable bonds is 5. The lowest BCUT2D eigenvalue weighted by Gasteiger charge is -2.24. The van der Waals surface area contributed by atoms with Gasteiger partial charge >= 0.3 is 0 Å². The SMILES string of the molecule is CN(C)[C@H](C(=O)NCc1cn2c(n1)SCC2)c1ccc2c(c1)OCO2. The second-order valence-corrected chi connectivity index (χ2v) is 7.32. The number of likely N-dealkylation sites (N-methyl/N-ethyl adjacent to an activating group) is 1. The number of nitrogens with one attached hydrogen (secondary N) is 1. The number of amides is 1. The van der Waals surface area contributed by atoms with Gasteiger partial charge in [-0.1, -0.05) is 17.8 Å². The van der Waals surface area contributed by atoms with Gasteiger partial charge in [-0.15, -0.1) is 0 Å². The third kappa shape index (κ3) is 3.19. The minimum absolute atomic E-state index is 0.0651. The standard InChI is InChI=1S/C17H20N4O3S/c1-20(2)15(11-3-4-13-14(7-11)24-10-23-13)16(22)18-8-12-9-21-5-6-25-17(21)19-12/h3-4,7,9,15H,5-6,8,10H2,1-2H3,(H,18,22)/t15-/m0/s1. The number of ether oxygens (including phenoxy) is 2. The van der Waals surface area contributed by atoms with Crippen molar-refractivity contribution in [3.05, 3.63) is 35.7 Å². The first-order valence-electron chi connectivity index (χ1n) is 8.14. The quantitative estimate of drug-likeness (QED) is 0.874. The van der Waals surface area contributed by atoms with Crippen LogP contribution in [0.2, 0.25) is 0 Å². The fourth-order valence-electron chi connectivity index (χ4n) is 3.09. The van der Waals surface area contributed by atoms with Crippen molar-refractivity contribution in [2.75, 3.05) is 26.6 Å². The van der Waals surface area contributed by atoms with Crippen LogP contribution in [-0.4, -0.2) is 47.0 Å². The smallest absolute Gasteiger partial charge is 0.242 e. The van der Waals surface area contributed by atoms with Crippen molar-refractivity contribution < 1.29 is 14.3 Å². The van der Waals surface area contributed by atoms with Gasteiger partial charge in [0, 0.05) is 18.5 Å². The minimum Gasteiger partial charge on any atom is -0.454 e. The van der Waals surface area contributed by atoms with Gasteiger partial charge in [0.1, 0.15) is 6.04 Å². The Morgan fingerprint density at radius 3 is 3.04 bits per heavy atom. The summed E-state index contributed by atoms with van der Waals surface area (Å²) in [6.07, 6.45) is 2.01. The van der Waals surface area contributed by atoms with Gasteiger partial charge < -0.3 is 19.4 Å². The van der Waals surface area contributed by atoms with Crippen molar-refractivity contribution in [2.45, 2.75) is 24.3 Å². The molecule has 2 aromatic rings. The highest BCUT2D eigenvalue weighted by Gasteiger charge is 2.25. The molecule has 2 aliphatic heterocycles. The number of benzene rings is 1. The van der Waals surface area contributed by atoms with Gasteiger partial charge in [0.25, 0.3) is 0 Å². The van der Waals surface area contributed by atoms with E-state index in [1.807, 2.05) is 43.4 Å². The highest BCUT2D eigenvalue weighted by atomic mass is 32.2. The maximum atomic E-state index is 12.8. The molecule has 4 rings (SSSR count). The van der Waals surface area contributed by atoms with Gasteiger partial charge in [-0.3, -0.25) is 9.69 Å². The summed E-state index contributed by atoms with van der Waals surface area (Å²) in [6.45, 7) is 1.63. The molecule has 1 N–H and O–H groups in total. The molecule has 1 aromatic heterocycles. The van der Waals surface area contributed by atoms with Crippen LogP contribution in [0.4, 0.5) is 0 Å². The van der Waals surface area contributed by atoms with E-state index in [-0.39, 0.29) is 12.7 Å². The molecule has 0 radical (unpaired) electrons. The lowest BCUT2D eigenvalue weighted by molar-refractivity contribution is -0.126. The number of hydrogen-bond donors (Lipinski definition) is 1. The molecule has 0 saturated heterocycles. The summed E-state index contributed by atoms with van der Waals surface area (Å²) in [5, 5.41) is 4.03. The number of aryl methyl sites for hydroxylation is 1. The first-order valence-corrected chi connectivity index (χ1v) is 9.13. The summed E-state index contributed by atoms with van der Waals surface area (Å²) in [4.78, 5) is 19.2. The molecule has 0 spiro atoms. The first kappa shape index (κ1) is 16.3. The number of aromatic nitrogens is 2. The Bertz CT molecular complexity index is 784. The normalized spacial score (nSPS) is 16.1. The van der Waals surface area contributed by atoms with E-state index in [1.54, 1.807) is 11.8 Å². The zero-order valence-electron chi connectivity index (χ0n) is 14.2. The van der Waals surface area contributed by atoms with Gasteiger partial charge in [-0.05, 0) is 31.8 Å². The Balaban J connectivity index is 1.47. The summed E-state index contributed by atoms with van der Waals surface area (Å²) in [6, 6.07) is 5.21. The highest BCUT2D eigenvalue weighted by Crippen LogP contribution is 2.35. The number of carbonyl (C=O) groups is 1. The van der Waals surface area contributed by atoms with E-state index in [0.29, 0.717) is 18.0 Å². The summed E-state index contributed by atoms with van der Waals surface area (Å²) in [5.74, 6) is 2.40. The maximum absolute atomic E-state index is 12.8. The lowest BCUT2D eigenvalue weighted by atomic mass is 10.0. The van der Waals surface area contributed by atoms with E-state index in [1.165, 1.54) is 0 Å². The van der Waals surface area contributed by atoms with Gasteiger partial charge in [0.2, 0.25) is 12.7 Å². The van der Waals surface area contributed by atoms with E-state index in [9.17, 15) is 4.79 Å². The number of imidazole rings is 1. The number of nitrogens with zero attached hydrogens (tertiary/aromatic N) is 3. The molecule has 1 atom stereocenters. The summed E-state index contributed by atoms with van der Waals surface area (Å²) >= 11 is 1.75. The van der Waals surface area contributed by atoms with Crippen LogP contribution in [0.3, 0.4) is 0 Å². The Morgan fingerprint density at radius 2 is 2.24 bits per heavy atom. The Morgan fingerprint density at radius 1 is 1.40 bits per heavy atom. The van der Waals surface area contributed by atoms with E-state index < -0.39 is 6.04 Å². The molecule has 0 unspecified atom stereocenters. The molecule has 0 aliphatic carbocycles. The monoisotopic (exact) mass is 360 g/mol. The van der Waals surface area contributed by atoms with E-state index in [0.717, 1.165) is 28.7 Å². The lowest BCUT2D eigenvalue weighted by Crippen LogP contribution is -2.36. The van der Waals surface area contributed by atoms with Crippen LogP contribution in [0.1, 0.15) is 17.3 Å². The third-order valence-corrected chi connectivity index (χ3v) is 5.24. The predicted molar refractivity (Wildman–Crippen MR) is 93.8 cm³/mol. The molecule has 0 fully saturated rings. The fraction of sp³-hybridized carbons (Fsp3) is 0.412. The second kappa shape index (κ2) is 6.61. The van der Waals surface area contributed by atoms with Crippen LogP contribution in [0.5, 0.6) is 11.5 Å². The van der Waals surface area contributed by atoms with E-state index in [2.05, 4.69) is 14.9 Å². The molecule has 0 bridgehead atoms. The molecular weight excluding hydrogens is 340 g/mol. The summed E-state index contributed by atoms with van der Waals surface area (Å²) in [7, 11) is 3.77. The number of fused-ring (bicyclic) bond motifs is 2. The third-order valence-electron chi connectivity index (χ3n) is 4.27. The van der Waals surface area contributed by atoms with Crippen molar-refractivity contribution in [3.8, 4) is 11.5 Å². The molecule has 1 amide bonds. The molecule has 1 aromatic carbocycles. The molecule has 3 heterocycles. The highest BCUT2D eigenvalue weighted by molar-refractivity contribution is 7.99. The molecule has 2 aliphatic rings. The maximum Gasteiger partial charge on any atom is 0.242 e. The average Bonchev–Trinajstić information content (AvgIpc) is 3.27. The Hall–Kier alpha value is -2.19. The fourth-order valence-corrected chi connectivity index (χ4v) is 4.05. The van der Waals surface area contributed by atoms with Crippen molar-refractivity contribution in [2.24, 2.45) is 0 Å². The van der Waals surface area contributed by atoms with Crippen LogP contribution in [-0.2, 0) is 17.9 Å². The Labute approximate surface area is 150 Å². The van der Waals surface area contributed by atoms with Crippen molar-refractivity contribution in [1.82, 2.24) is 19.8 Å². The molecule has 7 nitrogen and oxygen atoms in total. The number of hydrogen-bond acceptors (Lipinski definition) is 6. The van der Waals surface area contributed by atoms with Crippen LogP contribution >= 0.6 is 11.8 Å². The second-order valence-electron chi connectivity index (χ2n) is 6.25. The van der Waals surface area contributed by atoms with E-state index >= 15 is 0 Å². The zero-order valence-corrected chi connectivity index (χ0v) is 15.0. The summed E-state index contributed by atoms with van der Waals surface area (Å²) < 4.78 is 12.9. The largest absolute Gasteiger partial charge is 0.454 e. The first-order chi connectivity index (χ1) is 12.1. The number of carbonyl (C=O) groups excluding carboxylic acids is 1. The van der Waals surface area contributed by atoms with Gasteiger partial charge in [-0.25, -0.2) is 4.98 Å². The topological polar surface area (TPSA) is 68.6 Å².